The number of hydrogen-bond acceptors (Lipinski definition) is 10. The van der Waals surface area contributed by atoms with E-state index in [1.807, 2.05) is 6.92 Å². The molecule has 7 atom stereocenters. The molecular formula is C27H59N3O10. The van der Waals surface area contributed by atoms with Gasteiger partial charge in [-0.15, -0.1) is 0 Å². The van der Waals surface area contributed by atoms with Crippen LogP contribution in [0.4, 0.5) is 0 Å². The predicted molar refractivity (Wildman–Crippen MR) is 154 cm³/mol. The number of rotatable bonds is 14. The Balaban J connectivity index is -0.000000243. The summed E-state index contributed by atoms with van der Waals surface area (Å²) in [4.78, 5) is 33.1. The van der Waals surface area contributed by atoms with E-state index in [1.165, 1.54) is 7.05 Å². The van der Waals surface area contributed by atoms with E-state index in [-0.39, 0.29) is 31.7 Å². The minimum Gasteiger partial charge on any atom is -0.391 e. The molecule has 13 heteroatoms. The van der Waals surface area contributed by atoms with Crippen LogP contribution in [0, 0.1) is 17.8 Å². The first kappa shape index (κ1) is 45.1. The van der Waals surface area contributed by atoms with Gasteiger partial charge in [0.2, 0.25) is 0 Å². The van der Waals surface area contributed by atoms with Gasteiger partial charge in [-0.3, -0.25) is 14.4 Å². The second-order valence-electron chi connectivity index (χ2n) is 10.3. The first-order chi connectivity index (χ1) is 17.9. The number of hydrogen-bond donors (Lipinski definition) is 10. The summed E-state index contributed by atoms with van der Waals surface area (Å²) in [6.45, 7) is 14.7. The minimum absolute atomic E-state index is 0. The zero-order chi connectivity index (χ0) is 31.5. The lowest BCUT2D eigenvalue weighted by Crippen LogP contribution is -2.46. The van der Waals surface area contributed by atoms with Gasteiger partial charge in [0.15, 0.2) is 18.3 Å². The number of carbonyl (C=O) groups excluding carboxylic acids is 3. The normalized spacial score (nSPS) is 16.0. The van der Waals surface area contributed by atoms with E-state index in [9.17, 15) is 45.0 Å². The molecule has 0 bridgehead atoms. The monoisotopic (exact) mass is 585 g/mol. The number of aliphatic hydroxyl groups is 7. The van der Waals surface area contributed by atoms with Crippen LogP contribution in [-0.4, -0.2) is 116 Å². The molecule has 0 saturated heterocycles. The van der Waals surface area contributed by atoms with Gasteiger partial charge in [-0.05, 0) is 30.6 Å². The van der Waals surface area contributed by atoms with Crippen LogP contribution in [0.2, 0.25) is 0 Å². The maximum absolute atomic E-state index is 11.3. The second-order valence-corrected chi connectivity index (χ2v) is 10.3. The lowest BCUT2D eigenvalue weighted by molar-refractivity contribution is -0.137. The molecular weight excluding hydrogens is 526 g/mol. The van der Waals surface area contributed by atoms with Crippen LogP contribution < -0.4 is 16.0 Å². The molecule has 40 heavy (non-hydrogen) atoms. The average Bonchev–Trinajstić information content (AvgIpc) is 2.91. The molecule has 0 rings (SSSR count). The predicted octanol–water partition coefficient (Wildman–Crippen LogP) is -1.11. The van der Waals surface area contributed by atoms with Gasteiger partial charge in [0, 0.05) is 20.1 Å². The number of nitrogens with one attached hydrogen (secondary N) is 3. The maximum atomic E-state index is 11.3. The van der Waals surface area contributed by atoms with Gasteiger partial charge < -0.3 is 51.7 Å². The van der Waals surface area contributed by atoms with E-state index in [2.05, 4.69) is 16.0 Å². The van der Waals surface area contributed by atoms with Crippen molar-refractivity contribution in [2.75, 3.05) is 20.1 Å². The molecule has 0 aromatic carbocycles. The molecule has 0 aliphatic carbocycles. The highest BCUT2D eigenvalue weighted by Gasteiger charge is 2.27. The topological polar surface area (TPSA) is 229 Å². The van der Waals surface area contributed by atoms with Crippen LogP contribution in [0.5, 0.6) is 0 Å². The molecule has 0 aromatic heterocycles. The Labute approximate surface area is 240 Å². The Hall–Kier alpha value is -1.87. The first-order valence-corrected chi connectivity index (χ1v) is 13.4. The third-order valence-electron chi connectivity index (χ3n) is 5.60. The van der Waals surface area contributed by atoms with E-state index in [0.29, 0.717) is 13.0 Å². The molecule has 0 saturated carbocycles. The summed E-state index contributed by atoms with van der Waals surface area (Å²) in [6, 6.07) is 0. The quantitative estimate of drug-likeness (QED) is 0.118. The Kier molecular flexibility index (Phi) is 28.1. The SMILES string of the molecule is C.CCC(O)CNC(=O)[C@@H](O)[C@H](O)C(C)C.CCCNC(=O)[C@@H](O)[C@H](O)C(C)C.CNC(=O)[C@@H](O)[C@H](O)C(C)C. The molecule has 0 aromatic rings. The lowest BCUT2D eigenvalue weighted by Gasteiger charge is -2.20. The van der Waals surface area contributed by atoms with Gasteiger partial charge in [-0.25, -0.2) is 0 Å². The van der Waals surface area contributed by atoms with Gasteiger partial charge in [-0.1, -0.05) is 62.8 Å². The number of likely N-dealkylation sites (N-methyl/N-ethyl adjacent to an activating group) is 1. The largest absolute Gasteiger partial charge is 0.391 e. The van der Waals surface area contributed by atoms with Crippen LogP contribution in [0.15, 0.2) is 0 Å². The maximum Gasteiger partial charge on any atom is 0.251 e. The Morgan fingerprint density at radius 1 is 0.600 bits per heavy atom. The van der Waals surface area contributed by atoms with Crippen molar-refractivity contribution in [3.8, 4) is 0 Å². The molecule has 13 nitrogen and oxygen atoms in total. The van der Waals surface area contributed by atoms with Crippen LogP contribution in [0.3, 0.4) is 0 Å². The molecule has 1 unspecified atom stereocenters. The first-order valence-electron chi connectivity index (χ1n) is 13.4. The number of carbonyl (C=O) groups is 3. The Bertz CT molecular complexity index is 664. The van der Waals surface area contributed by atoms with Crippen LogP contribution in [0.1, 0.15) is 75.7 Å². The van der Waals surface area contributed by atoms with E-state index in [1.54, 1.807) is 48.5 Å². The fraction of sp³-hybridized carbons (Fsp3) is 0.889. The number of aliphatic hydroxyl groups excluding tert-OH is 7. The van der Waals surface area contributed by atoms with Gasteiger partial charge >= 0.3 is 0 Å². The third kappa shape index (κ3) is 20.1. The van der Waals surface area contributed by atoms with Crippen LogP contribution in [-0.2, 0) is 14.4 Å². The molecule has 10 N–H and O–H groups in total. The lowest BCUT2D eigenvalue weighted by atomic mass is 10.0. The van der Waals surface area contributed by atoms with Gasteiger partial charge in [0.25, 0.3) is 17.7 Å². The summed E-state index contributed by atoms with van der Waals surface area (Å²) >= 11 is 0. The van der Waals surface area contributed by atoms with Gasteiger partial charge in [-0.2, -0.15) is 0 Å². The van der Waals surface area contributed by atoms with Crippen molar-refractivity contribution in [2.45, 2.75) is 118 Å². The summed E-state index contributed by atoms with van der Waals surface area (Å²) in [5.74, 6) is -2.13. The Morgan fingerprint density at radius 3 is 1.20 bits per heavy atom. The van der Waals surface area contributed by atoms with E-state index in [4.69, 9.17) is 5.11 Å². The zero-order valence-corrected chi connectivity index (χ0v) is 25.0. The highest BCUT2D eigenvalue weighted by Crippen LogP contribution is 2.07. The summed E-state index contributed by atoms with van der Waals surface area (Å²) < 4.78 is 0. The van der Waals surface area contributed by atoms with Crippen molar-refractivity contribution in [1.29, 1.82) is 0 Å². The van der Waals surface area contributed by atoms with Crippen molar-refractivity contribution in [2.24, 2.45) is 17.8 Å². The van der Waals surface area contributed by atoms with E-state index >= 15 is 0 Å². The van der Waals surface area contributed by atoms with E-state index < -0.39 is 60.4 Å². The summed E-state index contributed by atoms with van der Waals surface area (Å²) in [7, 11) is 1.42. The fourth-order valence-electron chi connectivity index (χ4n) is 2.53. The molecule has 242 valence electrons. The van der Waals surface area contributed by atoms with Crippen LogP contribution >= 0.6 is 0 Å². The van der Waals surface area contributed by atoms with E-state index in [0.717, 1.165) is 6.42 Å². The highest BCUT2D eigenvalue weighted by atomic mass is 16.3. The summed E-state index contributed by atoms with van der Waals surface area (Å²) in [5, 5.41) is 72.1. The molecule has 0 aliphatic heterocycles. The van der Waals surface area contributed by atoms with Crippen LogP contribution in [0.25, 0.3) is 0 Å². The highest BCUT2D eigenvalue weighted by molar-refractivity contribution is 5.81. The Morgan fingerprint density at radius 2 is 0.925 bits per heavy atom. The van der Waals surface area contributed by atoms with Crippen molar-refractivity contribution >= 4 is 17.7 Å². The third-order valence-corrected chi connectivity index (χ3v) is 5.60. The fourth-order valence-corrected chi connectivity index (χ4v) is 2.53. The molecule has 0 spiro atoms. The van der Waals surface area contributed by atoms with Crippen molar-refractivity contribution < 1.29 is 50.1 Å². The molecule has 0 radical (unpaired) electrons. The molecule has 0 aliphatic rings. The minimum atomic E-state index is -1.44. The van der Waals surface area contributed by atoms with Crippen molar-refractivity contribution in [1.82, 2.24) is 16.0 Å². The second kappa shape index (κ2) is 24.9. The summed E-state index contributed by atoms with van der Waals surface area (Å²) in [6.07, 6.45) is -6.40. The standard InChI is InChI=1S/C10H21NO4.C9H19NO3.C7H15NO3.CH4/c1-4-7(12)5-11-10(15)9(14)8(13)6(2)3;1-4-5-10-9(13)8(12)7(11)6(2)3;1-4(2)5(9)6(10)7(11)8-3;/h6-9,12-14H,4-5H2,1-3H3,(H,11,15);6-8,11-12H,4-5H2,1-3H3,(H,10,13);4-6,9-10H,1-3H3,(H,8,11);1H4/t7?,8-,9+;7-,8+;5-,6+;/m111./s1. The van der Waals surface area contributed by atoms with Gasteiger partial charge in [0.05, 0.1) is 24.4 Å². The van der Waals surface area contributed by atoms with Crippen molar-refractivity contribution in [3.05, 3.63) is 0 Å². The van der Waals surface area contributed by atoms with Gasteiger partial charge in [0.1, 0.15) is 0 Å². The number of amides is 3. The molecule has 3 amide bonds. The molecule has 0 heterocycles. The zero-order valence-electron chi connectivity index (χ0n) is 25.0. The average molecular weight is 586 g/mol. The van der Waals surface area contributed by atoms with Crippen molar-refractivity contribution in [3.63, 3.8) is 0 Å². The smallest absolute Gasteiger partial charge is 0.251 e. The molecule has 0 fully saturated rings. The summed E-state index contributed by atoms with van der Waals surface area (Å²) in [5.41, 5.74) is 0.